The van der Waals surface area contributed by atoms with E-state index in [9.17, 15) is 9.59 Å². The van der Waals surface area contributed by atoms with Crippen molar-refractivity contribution in [2.75, 3.05) is 13.1 Å². The monoisotopic (exact) mass is 298 g/mol. The summed E-state index contributed by atoms with van der Waals surface area (Å²) in [6.45, 7) is 3.07. The Morgan fingerprint density at radius 1 is 1.41 bits per heavy atom. The summed E-state index contributed by atoms with van der Waals surface area (Å²) in [4.78, 5) is 37.2. The zero-order valence-corrected chi connectivity index (χ0v) is 12.5. The first kappa shape index (κ1) is 14.4. The molecule has 1 aliphatic heterocycles. The van der Waals surface area contributed by atoms with Crippen LogP contribution in [0.3, 0.4) is 0 Å². The third-order valence-electron chi connectivity index (χ3n) is 3.87. The standard InChI is InChI=1S/C16H18N4O2/c1-11-9-14(21)19-15(18-11)12-5-4-8-20(10-12)16(22)13-6-2-3-7-17-13/h2-3,6-7,9,12H,4-5,8,10H2,1H3,(H,18,19,21)/t12-/m0/s1. The Bertz CT molecular complexity index is 726. The number of aryl methyl sites for hydroxylation is 1. The fourth-order valence-corrected chi connectivity index (χ4v) is 2.83. The topological polar surface area (TPSA) is 79.0 Å². The zero-order chi connectivity index (χ0) is 15.5. The van der Waals surface area contributed by atoms with Crippen molar-refractivity contribution in [1.82, 2.24) is 19.9 Å². The second-order valence-corrected chi connectivity index (χ2v) is 5.58. The molecule has 3 rings (SSSR count). The number of carbonyl (C=O) groups excluding carboxylic acids is 1. The summed E-state index contributed by atoms with van der Waals surface area (Å²) in [5, 5.41) is 0. The molecule has 0 spiro atoms. The maximum absolute atomic E-state index is 12.5. The van der Waals surface area contributed by atoms with Crippen molar-refractivity contribution in [3.05, 3.63) is 58.0 Å². The quantitative estimate of drug-likeness (QED) is 0.911. The molecule has 0 aliphatic carbocycles. The van der Waals surface area contributed by atoms with Gasteiger partial charge < -0.3 is 9.88 Å². The summed E-state index contributed by atoms with van der Waals surface area (Å²) < 4.78 is 0. The van der Waals surface area contributed by atoms with Crippen molar-refractivity contribution in [2.24, 2.45) is 0 Å². The van der Waals surface area contributed by atoms with Crippen molar-refractivity contribution in [3.63, 3.8) is 0 Å². The Hall–Kier alpha value is -2.50. The van der Waals surface area contributed by atoms with Gasteiger partial charge in [0.15, 0.2) is 0 Å². The number of pyridine rings is 1. The van der Waals surface area contributed by atoms with Crippen molar-refractivity contribution in [1.29, 1.82) is 0 Å². The molecule has 22 heavy (non-hydrogen) atoms. The number of rotatable bonds is 2. The first-order valence-corrected chi connectivity index (χ1v) is 7.41. The molecule has 1 aliphatic rings. The average Bonchev–Trinajstić information content (AvgIpc) is 2.54. The largest absolute Gasteiger partial charge is 0.337 e. The molecule has 1 amide bonds. The molecule has 3 heterocycles. The van der Waals surface area contributed by atoms with Crippen LogP contribution in [-0.2, 0) is 0 Å². The van der Waals surface area contributed by atoms with Gasteiger partial charge in [-0.1, -0.05) is 6.07 Å². The first-order chi connectivity index (χ1) is 10.6. The molecule has 0 radical (unpaired) electrons. The highest BCUT2D eigenvalue weighted by molar-refractivity contribution is 5.92. The van der Waals surface area contributed by atoms with Crippen molar-refractivity contribution in [3.8, 4) is 0 Å². The fourth-order valence-electron chi connectivity index (χ4n) is 2.83. The second-order valence-electron chi connectivity index (χ2n) is 5.58. The number of carbonyl (C=O) groups is 1. The summed E-state index contributed by atoms with van der Waals surface area (Å²) >= 11 is 0. The molecule has 2 aromatic rings. The van der Waals surface area contributed by atoms with Crippen LogP contribution >= 0.6 is 0 Å². The van der Waals surface area contributed by atoms with Gasteiger partial charge in [-0.15, -0.1) is 0 Å². The molecule has 2 aromatic heterocycles. The van der Waals surface area contributed by atoms with Gasteiger partial charge in [-0.3, -0.25) is 14.6 Å². The summed E-state index contributed by atoms with van der Waals surface area (Å²) in [7, 11) is 0. The first-order valence-electron chi connectivity index (χ1n) is 7.41. The molecule has 114 valence electrons. The third kappa shape index (κ3) is 3.05. The molecule has 1 fully saturated rings. The molecule has 0 aromatic carbocycles. The molecule has 0 unspecified atom stereocenters. The number of aromatic amines is 1. The third-order valence-corrected chi connectivity index (χ3v) is 3.87. The highest BCUT2D eigenvalue weighted by atomic mass is 16.2. The minimum absolute atomic E-state index is 0.0639. The predicted octanol–water partition coefficient (Wildman–Crippen LogP) is 1.49. The van der Waals surface area contributed by atoms with Crippen molar-refractivity contribution in [2.45, 2.75) is 25.7 Å². The molecule has 1 N–H and O–H groups in total. The van der Waals surface area contributed by atoms with Crippen molar-refractivity contribution < 1.29 is 4.79 Å². The lowest BCUT2D eigenvalue weighted by molar-refractivity contribution is 0.0698. The lowest BCUT2D eigenvalue weighted by Crippen LogP contribution is -2.40. The number of piperidine rings is 1. The van der Waals surface area contributed by atoms with E-state index in [1.54, 1.807) is 36.2 Å². The van der Waals surface area contributed by atoms with Gasteiger partial charge in [0.05, 0.1) is 0 Å². The fraction of sp³-hybridized carbons (Fsp3) is 0.375. The van der Waals surface area contributed by atoms with Gasteiger partial charge in [0.2, 0.25) is 0 Å². The van der Waals surface area contributed by atoms with E-state index in [1.165, 1.54) is 6.07 Å². The number of nitrogens with one attached hydrogen (secondary N) is 1. The minimum Gasteiger partial charge on any atom is -0.337 e. The van der Waals surface area contributed by atoms with Crippen LogP contribution < -0.4 is 5.56 Å². The molecule has 0 saturated carbocycles. The summed E-state index contributed by atoms with van der Waals surface area (Å²) in [5.41, 5.74) is 1.01. The van der Waals surface area contributed by atoms with Gasteiger partial charge in [-0.2, -0.15) is 0 Å². The molecular weight excluding hydrogens is 280 g/mol. The van der Waals surface area contributed by atoms with Crippen LogP contribution in [0, 0.1) is 6.92 Å². The Morgan fingerprint density at radius 2 is 2.27 bits per heavy atom. The Balaban J connectivity index is 1.79. The molecular formula is C16H18N4O2. The Labute approximate surface area is 128 Å². The highest BCUT2D eigenvalue weighted by Gasteiger charge is 2.27. The van der Waals surface area contributed by atoms with Crippen LogP contribution in [0.25, 0.3) is 0 Å². The number of hydrogen-bond acceptors (Lipinski definition) is 4. The second kappa shape index (κ2) is 6.09. The van der Waals surface area contributed by atoms with Crippen molar-refractivity contribution >= 4 is 5.91 Å². The van der Waals surface area contributed by atoms with Gasteiger partial charge in [0.25, 0.3) is 11.5 Å². The zero-order valence-electron chi connectivity index (χ0n) is 12.5. The van der Waals surface area contributed by atoms with E-state index < -0.39 is 0 Å². The van der Waals surface area contributed by atoms with Crippen LogP contribution in [-0.4, -0.2) is 38.8 Å². The van der Waals surface area contributed by atoms with E-state index in [-0.39, 0.29) is 17.4 Å². The van der Waals surface area contributed by atoms with Crippen LogP contribution in [0.1, 0.15) is 40.8 Å². The van der Waals surface area contributed by atoms with Gasteiger partial charge in [0.1, 0.15) is 11.5 Å². The Kier molecular flexibility index (Phi) is 4.00. The Morgan fingerprint density at radius 3 is 3.00 bits per heavy atom. The number of likely N-dealkylation sites (tertiary alicyclic amines) is 1. The summed E-state index contributed by atoms with van der Waals surface area (Å²) in [6, 6.07) is 6.79. The molecule has 6 heteroatoms. The van der Waals surface area contributed by atoms with E-state index in [2.05, 4.69) is 15.0 Å². The van der Waals surface area contributed by atoms with E-state index in [1.807, 2.05) is 0 Å². The molecule has 1 saturated heterocycles. The van der Waals surface area contributed by atoms with Crippen LogP contribution in [0.4, 0.5) is 0 Å². The minimum atomic E-state index is -0.143. The van der Waals surface area contributed by atoms with Crippen LogP contribution in [0.15, 0.2) is 35.3 Å². The number of aromatic nitrogens is 3. The van der Waals surface area contributed by atoms with E-state index in [0.717, 1.165) is 12.8 Å². The summed E-state index contributed by atoms with van der Waals surface area (Å²) in [6.07, 6.45) is 3.42. The lowest BCUT2D eigenvalue weighted by Gasteiger charge is -2.32. The number of nitrogens with zero attached hydrogens (tertiary/aromatic N) is 3. The van der Waals surface area contributed by atoms with Crippen LogP contribution in [0.5, 0.6) is 0 Å². The van der Waals surface area contributed by atoms with Gasteiger partial charge in [0, 0.05) is 37.0 Å². The number of hydrogen-bond donors (Lipinski definition) is 1. The van der Waals surface area contributed by atoms with Gasteiger partial charge >= 0.3 is 0 Å². The molecule has 6 nitrogen and oxygen atoms in total. The normalized spacial score (nSPS) is 18.2. The van der Waals surface area contributed by atoms with Gasteiger partial charge in [-0.05, 0) is 31.9 Å². The summed E-state index contributed by atoms with van der Waals surface area (Å²) in [5.74, 6) is 0.665. The van der Waals surface area contributed by atoms with E-state index in [0.29, 0.717) is 30.3 Å². The maximum atomic E-state index is 12.5. The highest BCUT2D eigenvalue weighted by Crippen LogP contribution is 2.24. The van der Waals surface area contributed by atoms with E-state index in [4.69, 9.17) is 0 Å². The van der Waals surface area contributed by atoms with Gasteiger partial charge in [-0.25, -0.2) is 4.98 Å². The average molecular weight is 298 g/mol. The van der Waals surface area contributed by atoms with Crippen LogP contribution in [0.2, 0.25) is 0 Å². The molecule has 1 atom stereocenters. The lowest BCUT2D eigenvalue weighted by atomic mass is 9.96. The smallest absolute Gasteiger partial charge is 0.272 e. The number of amides is 1. The van der Waals surface area contributed by atoms with E-state index >= 15 is 0 Å². The number of H-pyrrole nitrogens is 1. The predicted molar refractivity (Wildman–Crippen MR) is 81.7 cm³/mol. The SMILES string of the molecule is Cc1cc(=O)[nH]c([C@H]2CCCN(C(=O)c3ccccn3)C2)n1. The molecule has 0 bridgehead atoms. The maximum Gasteiger partial charge on any atom is 0.272 e.